The summed E-state index contributed by atoms with van der Waals surface area (Å²) in [6.45, 7) is 2.31. The molecule has 0 radical (unpaired) electrons. The molecule has 1 nitrogen and oxygen atoms in total. The van der Waals surface area contributed by atoms with E-state index in [4.69, 9.17) is 0 Å². The molecular weight excluding hydrogens is 122 g/mol. The zero-order chi connectivity index (χ0) is 7.40. The van der Waals surface area contributed by atoms with Crippen LogP contribution in [0.1, 0.15) is 39.0 Å². The highest BCUT2D eigenvalue weighted by Crippen LogP contribution is 2.26. The lowest BCUT2D eigenvalue weighted by molar-refractivity contribution is 0.267. The molecule has 10 heavy (non-hydrogen) atoms. The van der Waals surface area contributed by atoms with Gasteiger partial charge in [0.2, 0.25) is 0 Å². The van der Waals surface area contributed by atoms with Gasteiger partial charge in [-0.05, 0) is 25.8 Å². The second-order valence-corrected chi connectivity index (χ2v) is 3.35. The van der Waals surface area contributed by atoms with Crippen LogP contribution in [-0.2, 0) is 0 Å². The first-order chi connectivity index (χ1) is 4.88. The Morgan fingerprint density at radius 1 is 1.30 bits per heavy atom. The molecule has 0 aromatic carbocycles. The lowest BCUT2D eigenvalue weighted by Gasteiger charge is -2.30. The zero-order valence-corrected chi connectivity index (χ0v) is 7.19. The monoisotopic (exact) mass is 141 g/mol. The Balaban J connectivity index is 2.34. The number of nitrogens with one attached hydrogen (secondary N) is 1. The predicted octanol–water partition coefficient (Wildman–Crippen LogP) is 2.17. The molecule has 1 fully saturated rings. The van der Waals surface area contributed by atoms with Crippen molar-refractivity contribution in [2.45, 2.75) is 45.1 Å². The van der Waals surface area contributed by atoms with E-state index in [1.165, 1.54) is 32.1 Å². The van der Waals surface area contributed by atoms with Crippen molar-refractivity contribution in [3.05, 3.63) is 0 Å². The quantitative estimate of drug-likeness (QED) is 0.621. The van der Waals surface area contributed by atoms with Crippen molar-refractivity contribution < 1.29 is 0 Å². The van der Waals surface area contributed by atoms with Crippen LogP contribution in [0.5, 0.6) is 0 Å². The topological polar surface area (TPSA) is 12.0 Å². The Kier molecular flexibility index (Phi) is 3.20. The molecule has 0 aromatic rings. The summed E-state index contributed by atoms with van der Waals surface area (Å²) in [4.78, 5) is 0. The standard InChI is InChI=1S/C9H19N/c1-3-8-6-4-5-7-9(8)10-2/h8-10H,3-7H2,1-2H3/t8-,9-/m1/s1. The van der Waals surface area contributed by atoms with Crippen LogP contribution >= 0.6 is 0 Å². The fraction of sp³-hybridized carbons (Fsp3) is 1.00. The van der Waals surface area contributed by atoms with E-state index in [2.05, 4.69) is 19.3 Å². The molecule has 0 aromatic heterocycles. The van der Waals surface area contributed by atoms with E-state index in [1.807, 2.05) is 0 Å². The molecule has 0 bridgehead atoms. The molecule has 0 saturated heterocycles. The van der Waals surface area contributed by atoms with Crippen LogP contribution in [0.3, 0.4) is 0 Å². The van der Waals surface area contributed by atoms with Gasteiger partial charge in [-0.2, -0.15) is 0 Å². The van der Waals surface area contributed by atoms with Crippen molar-refractivity contribution in [3.63, 3.8) is 0 Å². The van der Waals surface area contributed by atoms with Gasteiger partial charge in [0.1, 0.15) is 0 Å². The summed E-state index contributed by atoms with van der Waals surface area (Å²) in [7, 11) is 2.10. The van der Waals surface area contributed by atoms with Crippen LogP contribution in [0.4, 0.5) is 0 Å². The van der Waals surface area contributed by atoms with Crippen molar-refractivity contribution in [1.82, 2.24) is 5.32 Å². The van der Waals surface area contributed by atoms with Gasteiger partial charge in [-0.15, -0.1) is 0 Å². The number of hydrogen-bond acceptors (Lipinski definition) is 1. The van der Waals surface area contributed by atoms with Crippen LogP contribution in [0.2, 0.25) is 0 Å². The van der Waals surface area contributed by atoms with Crippen molar-refractivity contribution >= 4 is 0 Å². The SMILES string of the molecule is CC[C@@H]1CCCC[C@H]1NC. The maximum absolute atomic E-state index is 3.40. The molecule has 1 saturated carbocycles. The predicted molar refractivity (Wildman–Crippen MR) is 45.1 cm³/mol. The fourth-order valence-electron chi connectivity index (χ4n) is 2.08. The normalized spacial score (nSPS) is 34.2. The maximum atomic E-state index is 3.40. The third-order valence-corrected chi connectivity index (χ3v) is 2.80. The van der Waals surface area contributed by atoms with Crippen LogP contribution in [0.25, 0.3) is 0 Å². The molecule has 0 heterocycles. The first-order valence-electron chi connectivity index (χ1n) is 4.55. The van der Waals surface area contributed by atoms with E-state index in [0.717, 1.165) is 12.0 Å². The Hall–Kier alpha value is -0.0400. The zero-order valence-electron chi connectivity index (χ0n) is 7.19. The average molecular weight is 141 g/mol. The van der Waals surface area contributed by atoms with Crippen LogP contribution in [0, 0.1) is 5.92 Å². The van der Waals surface area contributed by atoms with Crippen molar-refractivity contribution in [3.8, 4) is 0 Å². The lowest BCUT2D eigenvalue weighted by Crippen LogP contribution is -2.35. The summed E-state index contributed by atoms with van der Waals surface area (Å²) < 4.78 is 0. The summed E-state index contributed by atoms with van der Waals surface area (Å²) in [6.07, 6.45) is 7.08. The van der Waals surface area contributed by atoms with Gasteiger partial charge in [-0.1, -0.05) is 26.2 Å². The van der Waals surface area contributed by atoms with E-state index < -0.39 is 0 Å². The number of hydrogen-bond donors (Lipinski definition) is 1. The maximum Gasteiger partial charge on any atom is 0.00922 e. The van der Waals surface area contributed by atoms with E-state index >= 15 is 0 Å². The van der Waals surface area contributed by atoms with Crippen molar-refractivity contribution in [1.29, 1.82) is 0 Å². The minimum absolute atomic E-state index is 0.818. The minimum atomic E-state index is 0.818. The van der Waals surface area contributed by atoms with E-state index in [-0.39, 0.29) is 0 Å². The third-order valence-electron chi connectivity index (χ3n) is 2.80. The molecule has 1 heteroatoms. The first kappa shape index (κ1) is 8.06. The Morgan fingerprint density at radius 2 is 2.00 bits per heavy atom. The summed E-state index contributed by atoms with van der Waals surface area (Å²) in [5.74, 6) is 0.957. The molecule has 1 rings (SSSR count). The highest BCUT2D eigenvalue weighted by Gasteiger charge is 2.21. The molecule has 1 N–H and O–H groups in total. The molecule has 0 unspecified atom stereocenters. The van der Waals surface area contributed by atoms with Gasteiger partial charge in [0.25, 0.3) is 0 Å². The molecule has 2 atom stereocenters. The van der Waals surface area contributed by atoms with Gasteiger partial charge in [0, 0.05) is 6.04 Å². The van der Waals surface area contributed by atoms with Gasteiger partial charge < -0.3 is 5.32 Å². The van der Waals surface area contributed by atoms with Gasteiger partial charge >= 0.3 is 0 Å². The lowest BCUT2D eigenvalue weighted by atomic mass is 9.83. The highest BCUT2D eigenvalue weighted by atomic mass is 14.9. The van der Waals surface area contributed by atoms with E-state index in [9.17, 15) is 0 Å². The van der Waals surface area contributed by atoms with Gasteiger partial charge in [-0.3, -0.25) is 0 Å². The molecular formula is C9H19N. The number of rotatable bonds is 2. The second kappa shape index (κ2) is 3.97. The van der Waals surface area contributed by atoms with E-state index in [1.54, 1.807) is 0 Å². The molecule has 0 aliphatic heterocycles. The van der Waals surface area contributed by atoms with Crippen LogP contribution in [0.15, 0.2) is 0 Å². The summed E-state index contributed by atoms with van der Waals surface area (Å²) in [5.41, 5.74) is 0. The third kappa shape index (κ3) is 1.72. The fourth-order valence-corrected chi connectivity index (χ4v) is 2.08. The summed E-state index contributed by atoms with van der Waals surface area (Å²) >= 11 is 0. The van der Waals surface area contributed by atoms with Gasteiger partial charge in [0.15, 0.2) is 0 Å². The Bertz CT molecular complexity index is 78.7. The highest BCUT2D eigenvalue weighted by molar-refractivity contribution is 4.78. The molecule has 0 spiro atoms. The molecule has 1 aliphatic carbocycles. The van der Waals surface area contributed by atoms with Crippen molar-refractivity contribution in [2.24, 2.45) is 5.92 Å². The van der Waals surface area contributed by atoms with Gasteiger partial charge in [0.05, 0.1) is 0 Å². The molecule has 60 valence electrons. The van der Waals surface area contributed by atoms with Gasteiger partial charge in [-0.25, -0.2) is 0 Å². The largest absolute Gasteiger partial charge is 0.317 e. The summed E-state index contributed by atoms with van der Waals surface area (Å²) in [5, 5.41) is 3.40. The van der Waals surface area contributed by atoms with Crippen molar-refractivity contribution in [2.75, 3.05) is 7.05 Å². The summed E-state index contributed by atoms with van der Waals surface area (Å²) in [6, 6.07) is 0.818. The van der Waals surface area contributed by atoms with Crippen LogP contribution in [-0.4, -0.2) is 13.1 Å². The second-order valence-electron chi connectivity index (χ2n) is 3.35. The average Bonchev–Trinajstić information content (AvgIpc) is 2.04. The Morgan fingerprint density at radius 3 is 2.50 bits per heavy atom. The molecule has 0 amide bonds. The first-order valence-corrected chi connectivity index (χ1v) is 4.55. The van der Waals surface area contributed by atoms with Crippen LogP contribution < -0.4 is 5.32 Å². The Labute approximate surface area is 64.2 Å². The smallest absolute Gasteiger partial charge is 0.00922 e. The minimum Gasteiger partial charge on any atom is -0.317 e. The van der Waals surface area contributed by atoms with E-state index in [0.29, 0.717) is 0 Å². The molecule has 1 aliphatic rings.